The summed E-state index contributed by atoms with van der Waals surface area (Å²) in [5.41, 5.74) is 4.96. The molecule has 2 rings (SSSR count). The van der Waals surface area contributed by atoms with Crippen LogP contribution in [0.2, 0.25) is 0 Å². The van der Waals surface area contributed by atoms with Crippen molar-refractivity contribution in [1.82, 2.24) is 5.32 Å². The monoisotopic (exact) mass is 455 g/mol. The number of nitrogens with one attached hydrogen (secondary N) is 1. The molecule has 1 saturated carbocycles. The highest BCUT2D eigenvalue weighted by atomic mass is 35.5. The van der Waals surface area contributed by atoms with Crippen LogP contribution >= 0.6 is 0 Å². The summed E-state index contributed by atoms with van der Waals surface area (Å²) in [5.74, 6) is -0.642. The summed E-state index contributed by atoms with van der Waals surface area (Å²) in [4.78, 5) is 35.2. The van der Waals surface area contributed by atoms with Gasteiger partial charge in [0, 0.05) is 23.2 Å². The van der Waals surface area contributed by atoms with Crippen molar-refractivity contribution in [2.75, 3.05) is 27.2 Å². The predicted molar refractivity (Wildman–Crippen MR) is 122 cm³/mol. The van der Waals surface area contributed by atoms with Gasteiger partial charge in [-0.25, -0.2) is 0 Å². The number of halogens is 1. The van der Waals surface area contributed by atoms with E-state index in [9.17, 15) is 19.5 Å². The minimum absolute atomic E-state index is 0. The molecule has 2 amide bonds. The zero-order valence-electron chi connectivity index (χ0n) is 15.2. The molecule has 0 spiro atoms. The van der Waals surface area contributed by atoms with Crippen LogP contribution in [0.5, 0.6) is 0 Å². The molecule has 1 heterocycles. The smallest absolute Gasteiger partial charge is 0.225 e. The van der Waals surface area contributed by atoms with Crippen molar-refractivity contribution in [3.63, 3.8) is 0 Å². The molecule has 30 heavy (non-hydrogen) atoms. The van der Waals surface area contributed by atoms with Crippen molar-refractivity contribution in [3.8, 4) is 0 Å². The number of carbonyl (C=O) groups excluding carboxylic acids is 3. The number of hydrogen-bond acceptors (Lipinski definition) is 4. The molecule has 0 bridgehead atoms. The lowest BCUT2D eigenvalue weighted by Crippen LogP contribution is -3.00. The lowest BCUT2D eigenvalue weighted by molar-refractivity contribution is -0.880. The van der Waals surface area contributed by atoms with E-state index in [2.05, 4.69) is 26.3 Å². The summed E-state index contributed by atoms with van der Waals surface area (Å²) in [7, 11) is 4.28. The molecule has 1 aliphatic heterocycles. The molecule has 4 unspecified atom stereocenters. The number of rotatable bonds is 8. The van der Waals surface area contributed by atoms with Crippen LogP contribution in [0.15, 0.2) is 0 Å². The highest BCUT2D eigenvalue weighted by Gasteiger charge is 2.54. The van der Waals surface area contributed by atoms with Crippen LogP contribution in [0.1, 0.15) is 69.7 Å². The van der Waals surface area contributed by atoms with Gasteiger partial charge in [-0.15, -0.1) is 0 Å². The number of amides is 2. The van der Waals surface area contributed by atoms with Crippen LogP contribution in [-0.2, 0) is 14.4 Å². The first kappa shape index (κ1) is 39.3. The molecule has 0 aromatic heterocycles. The van der Waals surface area contributed by atoms with Crippen molar-refractivity contribution >= 4 is 18.1 Å². The Morgan fingerprint density at radius 1 is 1.17 bits per heavy atom. The van der Waals surface area contributed by atoms with E-state index >= 15 is 0 Å². The summed E-state index contributed by atoms with van der Waals surface area (Å²) >= 11 is 0. The summed E-state index contributed by atoms with van der Waals surface area (Å²) in [6.45, 7) is 3.92. The Labute approximate surface area is 192 Å². The summed E-state index contributed by atoms with van der Waals surface area (Å²) in [6, 6.07) is 0. The fourth-order valence-electron chi connectivity index (χ4n) is 4.30. The topological polar surface area (TPSA) is 109 Å². The number of carbonyl (C=O) groups is 3. The number of aliphatic hydroxyl groups excluding tert-OH is 1. The number of hydrogen-bond donors (Lipinski definition) is 3. The summed E-state index contributed by atoms with van der Waals surface area (Å²) < 4.78 is 0.826. The molecule has 7 nitrogen and oxygen atoms in total. The largest absolute Gasteiger partial charge is 1.00 e. The molecule has 1 saturated heterocycles. The molecule has 0 radical (unpaired) electrons. The molecule has 1 aliphatic carbocycles. The predicted octanol–water partition coefficient (Wildman–Crippen LogP) is -0.191. The molecule has 0 aromatic rings. The van der Waals surface area contributed by atoms with E-state index in [1.54, 1.807) is 0 Å². The third-order valence-electron chi connectivity index (χ3n) is 5.82. The number of likely N-dealkylation sites (tertiary alicyclic amines) is 1. The molecule has 8 heteroatoms. The Morgan fingerprint density at radius 2 is 1.67 bits per heavy atom. The lowest BCUT2D eigenvalue weighted by atomic mass is 9.76. The quantitative estimate of drug-likeness (QED) is 0.267. The number of quaternary nitrogens is 1. The Balaban J connectivity index is -0.000000347. The fraction of sp³-hybridized carbons (Fsp3) is 0.864. The molecular weight excluding hydrogens is 406 g/mol. The summed E-state index contributed by atoms with van der Waals surface area (Å²) in [5, 5.41) is 11.8. The van der Waals surface area contributed by atoms with E-state index in [-0.39, 0.29) is 67.3 Å². The average Bonchev–Trinajstić information content (AvgIpc) is 3.23. The van der Waals surface area contributed by atoms with Crippen molar-refractivity contribution in [2.45, 2.75) is 76.0 Å². The van der Waals surface area contributed by atoms with E-state index in [1.165, 1.54) is 0 Å². The van der Waals surface area contributed by atoms with Crippen LogP contribution in [0.4, 0.5) is 0 Å². The average molecular weight is 456 g/mol. The molecular formula is C22H50ClN3O4. The minimum atomic E-state index is -1.51. The maximum absolute atomic E-state index is 12.7. The lowest BCUT2D eigenvalue weighted by Gasteiger charge is -2.29. The summed E-state index contributed by atoms with van der Waals surface area (Å²) in [6.07, 6.45) is 1.57. The normalized spacial score (nSPS) is 23.6. The zero-order valence-corrected chi connectivity index (χ0v) is 16.0. The van der Waals surface area contributed by atoms with Gasteiger partial charge in [-0.1, -0.05) is 44.1 Å². The Bertz CT molecular complexity index is 525. The van der Waals surface area contributed by atoms with Gasteiger partial charge < -0.3 is 33.0 Å². The molecule has 2 aliphatic rings. The molecule has 4 N–H and O–H groups in total. The van der Waals surface area contributed by atoms with Gasteiger partial charge in [0.2, 0.25) is 11.8 Å². The van der Waals surface area contributed by atoms with Crippen molar-refractivity contribution < 1.29 is 36.4 Å². The van der Waals surface area contributed by atoms with E-state index < -0.39 is 17.6 Å². The van der Waals surface area contributed by atoms with Crippen molar-refractivity contribution in [2.24, 2.45) is 28.9 Å². The van der Waals surface area contributed by atoms with Crippen molar-refractivity contribution in [3.05, 3.63) is 0 Å². The van der Waals surface area contributed by atoms with E-state index in [0.717, 1.165) is 24.0 Å². The Hall–Kier alpha value is -1.18. The number of aliphatic hydroxyl groups is 1. The second-order valence-electron chi connectivity index (χ2n) is 8.18. The van der Waals surface area contributed by atoms with Gasteiger partial charge in [-0.3, -0.25) is 14.4 Å². The minimum Gasteiger partial charge on any atom is -1.00 e. The number of nitrogens with zero attached hydrogens (tertiary/aromatic N) is 1. The Morgan fingerprint density at radius 3 is 2.03 bits per heavy atom. The van der Waals surface area contributed by atoms with Gasteiger partial charge in [0.15, 0.2) is 12.5 Å². The van der Waals surface area contributed by atoms with Gasteiger partial charge in [-0.2, -0.15) is 0 Å². The molecule has 2 fully saturated rings. The number of primary amides is 1. The van der Waals surface area contributed by atoms with Gasteiger partial charge in [0.05, 0.1) is 27.2 Å². The van der Waals surface area contributed by atoms with E-state index in [4.69, 9.17) is 5.73 Å². The van der Waals surface area contributed by atoms with Gasteiger partial charge >= 0.3 is 0 Å². The van der Waals surface area contributed by atoms with Crippen LogP contribution in [-0.4, -0.2) is 61.1 Å². The van der Waals surface area contributed by atoms with Crippen molar-refractivity contribution in [1.29, 1.82) is 0 Å². The highest BCUT2D eigenvalue weighted by molar-refractivity contribution is 5.86. The van der Waals surface area contributed by atoms with Gasteiger partial charge in [-0.05, 0) is 25.7 Å². The van der Waals surface area contributed by atoms with Crippen LogP contribution in [0, 0.1) is 23.2 Å². The second kappa shape index (κ2) is 14.8. The molecule has 0 aromatic carbocycles. The number of nitrogens with two attached hydrogens (primary N) is 1. The van der Waals surface area contributed by atoms with Crippen LogP contribution in [0.3, 0.4) is 0 Å². The van der Waals surface area contributed by atoms with Gasteiger partial charge in [0.1, 0.15) is 0 Å². The Kier molecular flexibility index (Phi) is 19.3. The first-order chi connectivity index (χ1) is 11.1. The van der Waals surface area contributed by atoms with E-state index in [1.807, 2.05) is 0 Å². The zero-order chi connectivity index (χ0) is 18.1. The van der Waals surface area contributed by atoms with E-state index in [0.29, 0.717) is 31.5 Å². The standard InChI is InChI=1S/C17H29N3O4.5CH4.ClH/c1-4-11-8-20(2,3)9-13(11)12(15(23)19-14(22)10-21)7-17(5-6-17)16(18)24;;;;;;/h10-14,22H,4-9H2,1-3H3,(H2-,18,19,23,24);5*1H4;1H. The number of aldehydes is 1. The highest BCUT2D eigenvalue weighted by Crippen LogP contribution is 2.52. The maximum Gasteiger partial charge on any atom is 0.225 e. The van der Waals surface area contributed by atoms with Gasteiger partial charge in [0.25, 0.3) is 0 Å². The first-order valence-electron chi connectivity index (χ1n) is 8.70. The second-order valence-corrected chi connectivity index (χ2v) is 8.18. The maximum atomic E-state index is 12.7. The fourth-order valence-corrected chi connectivity index (χ4v) is 4.30. The SMILES string of the molecule is C.C.C.C.C.CCC1C[N+](C)(C)CC1C(CC1(C(N)=O)CC1)C(=O)NC(O)C=O.[Cl-]. The third kappa shape index (κ3) is 8.90. The van der Waals surface area contributed by atoms with Crippen LogP contribution in [0.25, 0.3) is 0 Å². The molecule has 184 valence electrons. The van der Waals surface area contributed by atoms with Crippen LogP contribution < -0.4 is 23.5 Å². The third-order valence-corrected chi connectivity index (χ3v) is 5.82. The first-order valence-corrected chi connectivity index (χ1v) is 8.70. The molecule has 4 atom stereocenters.